The smallest absolute Gasteiger partial charge is 0.250 e. The van der Waals surface area contributed by atoms with Crippen LogP contribution in [-0.4, -0.2) is 38.8 Å². The average Bonchev–Trinajstić information content (AvgIpc) is 2.95. The molecule has 0 aliphatic carbocycles. The van der Waals surface area contributed by atoms with Gasteiger partial charge in [0.15, 0.2) is 0 Å². The molecular weight excluding hydrogens is 254 g/mol. The Morgan fingerprint density at radius 2 is 2.15 bits per heavy atom. The lowest BCUT2D eigenvalue weighted by Gasteiger charge is -2.19. The van der Waals surface area contributed by atoms with E-state index in [0.29, 0.717) is 13.2 Å². The van der Waals surface area contributed by atoms with Gasteiger partial charge in [0.25, 0.3) is 0 Å². The fraction of sp³-hybridized carbons (Fsp3) is 0.533. The molecule has 1 saturated heterocycles. The third kappa shape index (κ3) is 3.95. The first-order valence-electron chi connectivity index (χ1n) is 7.14. The minimum absolute atomic E-state index is 0.0461. The molecule has 0 radical (unpaired) electrons. The Morgan fingerprint density at radius 3 is 2.80 bits per heavy atom. The summed E-state index contributed by atoms with van der Waals surface area (Å²) in [4.78, 5) is 14.1. The van der Waals surface area contributed by atoms with Crippen molar-refractivity contribution in [1.82, 2.24) is 0 Å². The van der Waals surface area contributed by atoms with Crippen LogP contribution in [0.4, 0.5) is 11.4 Å². The fourth-order valence-corrected chi connectivity index (χ4v) is 2.39. The van der Waals surface area contributed by atoms with Crippen LogP contribution in [0.2, 0.25) is 0 Å². The number of anilines is 2. The molecule has 1 aliphatic rings. The van der Waals surface area contributed by atoms with Crippen LogP contribution in [-0.2, 0) is 9.53 Å². The molecule has 3 N–H and O–H groups in total. The molecule has 1 amide bonds. The molecule has 0 bridgehead atoms. The summed E-state index contributed by atoms with van der Waals surface area (Å²) in [6, 6.07) is 6.15. The summed E-state index contributed by atoms with van der Waals surface area (Å²) < 4.78 is 5.12. The maximum atomic E-state index is 11.7. The standard InChI is InChI=1S/C15H23N3O2/c1-12-10-13(18-7-2-3-8-18)4-5-14(12)17-15(19)11-20-9-6-16/h4-5,10H,2-3,6-9,11,16H2,1H3,(H,17,19). The van der Waals surface area contributed by atoms with Crippen LogP contribution in [0.3, 0.4) is 0 Å². The van der Waals surface area contributed by atoms with Gasteiger partial charge in [-0.3, -0.25) is 4.79 Å². The number of nitrogens with two attached hydrogens (primary N) is 1. The van der Waals surface area contributed by atoms with Crippen molar-refractivity contribution in [3.63, 3.8) is 0 Å². The van der Waals surface area contributed by atoms with Gasteiger partial charge in [0.05, 0.1) is 6.61 Å². The van der Waals surface area contributed by atoms with Gasteiger partial charge in [-0.15, -0.1) is 0 Å². The Kier molecular flexibility index (Phi) is 5.38. The van der Waals surface area contributed by atoms with Crippen LogP contribution in [0.15, 0.2) is 18.2 Å². The summed E-state index contributed by atoms with van der Waals surface area (Å²) in [5.74, 6) is -0.143. The van der Waals surface area contributed by atoms with E-state index in [1.165, 1.54) is 18.5 Å². The highest BCUT2D eigenvalue weighted by atomic mass is 16.5. The molecule has 1 aromatic carbocycles. The number of nitrogens with one attached hydrogen (secondary N) is 1. The van der Waals surface area contributed by atoms with E-state index in [0.717, 1.165) is 24.3 Å². The Bertz CT molecular complexity index is 456. The summed E-state index contributed by atoms with van der Waals surface area (Å²) >= 11 is 0. The van der Waals surface area contributed by atoms with Gasteiger partial charge in [0.1, 0.15) is 6.61 Å². The molecule has 5 nitrogen and oxygen atoms in total. The lowest BCUT2D eigenvalue weighted by Crippen LogP contribution is -2.21. The normalized spacial score (nSPS) is 14.6. The third-order valence-corrected chi connectivity index (χ3v) is 3.45. The molecule has 0 saturated carbocycles. The quantitative estimate of drug-likeness (QED) is 0.773. The van der Waals surface area contributed by atoms with Gasteiger partial charge in [-0.2, -0.15) is 0 Å². The number of rotatable bonds is 6. The van der Waals surface area contributed by atoms with E-state index in [4.69, 9.17) is 10.5 Å². The lowest BCUT2D eigenvalue weighted by molar-refractivity contribution is -0.120. The first kappa shape index (κ1) is 14.8. The SMILES string of the molecule is Cc1cc(N2CCCC2)ccc1NC(=O)COCCN. The van der Waals surface area contributed by atoms with Crippen molar-refractivity contribution in [2.75, 3.05) is 43.1 Å². The van der Waals surface area contributed by atoms with Gasteiger partial charge in [0.2, 0.25) is 5.91 Å². The molecule has 0 spiro atoms. The minimum Gasteiger partial charge on any atom is -0.372 e. The third-order valence-electron chi connectivity index (χ3n) is 3.45. The molecule has 1 aromatic rings. The van der Waals surface area contributed by atoms with E-state index in [1.54, 1.807) is 0 Å². The molecule has 20 heavy (non-hydrogen) atoms. The molecule has 1 aliphatic heterocycles. The number of amides is 1. The highest BCUT2D eigenvalue weighted by molar-refractivity contribution is 5.92. The Hall–Kier alpha value is -1.59. The summed E-state index contributed by atoms with van der Waals surface area (Å²) in [6.07, 6.45) is 2.52. The summed E-state index contributed by atoms with van der Waals surface area (Å²) in [5, 5.41) is 2.86. The van der Waals surface area contributed by atoms with Crippen LogP contribution < -0.4 is 16.0 Å². The zero-order valence-corrected chi connectivity index (χ0v) is 12.0. The summed E-state index contributed by atoms with van der Waals surface area (Å²) in [7, 11) is 0. The topological polar surface area (TPSA) is 67.6 Å². The summed E-state index contributed by atoms with van der Waals surface area (Å²) in [6.45, 7) is 5.13. The Morgan fingerprint density at radius 1 is 1.40 bits per heavy atom. The van der Waals surface area contributed by atoms with E-state index in [9.17, 15) is 4.79 Å². The van der Waals surface area contributed by atoms with Crippen LogP contribution >= 0.6 is 0 Å². The van der Waals surface area contributed by atoms with Crippen LogP contribution in [0.25, 0.3) is 0 Å². The molecule has 0 unspecified atom stereocenters. The van der Waals surface area contributed by atoms with Gasteiger partial charge in [0, 0.05) is 31.0 Å². The number of carbonyl (C=O) groups excluding carboxylic acids is 1. The molecule has 0 atom stereocenters. The largest absolute Gasteiger partial charge is 0.372 e. The van der Waals surface area contributed by atoms with Crippen molar-refractivity contribution in [2.45, 2.75) is 19.8 Å². The van der Waals surface area contributed by atoms with Gasteiger partial charge < -0.3 is 20.7 Å². The second kappa shape index (κ2) is 7.26. The lowest BCUT2D eigenvalue weighted by atomic mass is 10.1. The predicted octanol–water partition coefficient (Wildman–Crippen LogP) is 1.51. The van der Waals surface area contributed by atoms with Crippen molar-refractivity contribution in [2.24, 2.45) is 5.73 Å². The molecule has 110 valence electrons. The first-order chi connectivity index (χ1) is 9.70. The number of nitrogens with zero attached hydrogens (tertiary/aromatic N) is 1. The van der Waals surface area contributed by atoms with E-state index in [-0.39, 0.29) is 12.5 Å². The molecule has 5 heteroatoms. The van der Waals surface area contributed by atoms with Gasteiger partial charge in [-0.25, -0.2) is 0 Å². The van der Waals surface area contributed by atoms with E-state index in [1.807, 2.05) is 13.0 Å². The number of ether oxygens (including phenoxy) is 1. The van der Waals surface area contributed by atoms with Gasteiger partial charge in [-0.05, 0) is 43.5 Å². The van der Waals surface area contributed by atoms with Gasteiger partial charge in [-0.1, -0.05) is 0 Å². The van der Waals surface area contributed by atoms with Crippen molar-refractivity contribution >= 4 is 17.3 Å². The number of hydrogen-bond acceptors (Lipinski definition) is 4. The fourth-order valence-electron chi connectivity index (χ4n) is 2.39. The zero-order chi connectivity index (χ0) is 14.4. The predicted molar refractivity (Wildman–Crippen MR) is 81.1 cm³/mol. The van der Waals surface area contributed by atoms with Crippen LogP contribution in [0.1, 0.15) is 18.4 Å². The van der Waals surface area contributed by atoms with Crippen LogP contribution in [0, 0.1) is 6.92 Å². The van der Waals surface area contributed by atoms with Gasteiger partial charge >= 0.3 is 0 Å². The maximum Gasteiger partial charge on any atom is 0.250 e. The number of hydrogen-bond donors (Lipinski definition) is 2. The van der Waals surface area contributed by atoms with Crippen molar-refractivity contribution < 1.29 is 9.53 Å². The first-order valence-corrected chi connectivity index (χ1v) is 7.14. The molecule has 2 rings (SSSR count). The Labute approximate surface area is 120 Å². The average molecular weight is 277 g/mol. The molecule has 0 aromatic heterocycles. The highest BCUT2D eigenvalue weighted by Crippen LogP contribution is 2.25. The molecule has 1 heterocycles. The second-order valence-electron chi connectivity index (χ2n) is 5.08. The minimum atomic E-state index is -0.143. The Balaban J connectivity index is 1.93. The number of benzene rings is 1. The zero-order valence-electron chi connectivity index (χ0n) is 12.0. The van der Waals surface area contributed by atoms with E-state index < -0.39 is 0 Å². The molecule has 1 fully saturated rings. The highest BCUT2D eigenvalue weighted by Gasteiger charge is 2.13. The monoisotopic (exact) mass is 277 g/mol. The number of carbonyl (C=O) groups is 1. The number of aryl methyl sites for hydroxylation is 1. The second-order valence-corrected chi connectivity index (χ2v) is 5.08. The van der Waals surface area contributed by atoms with E-state index in [2.05, 4.69) is 22.3 Å². The van der Waals surface area contributed by atoms with Crippen molar-refractivity contribution in [3.05, 3.63) is 23.8 Å². The van der Waals surface area contributed by atoms with Crippen LogP contribution in [0.5, 0.6) is 0 Å². The maximum absolute atomic E-state index is 11.7. The van der Waals surface area contributed by atoms with E-state index >= 15 is 0 Å². The van der Waals surface area contributed by atoms with Crippen molar-refractivity contribution in [1.29, 1.82) is 0 Å². The van der Waals surface area contributed by atoms with Crippen molar-refractivity contribution in [3.8, 4) is 0 Å². The molecular formula is C15H23N3O2. The summed E-state index contributed by atoms with van der Waals surface area (Å²) in [5.41, 5.74) is 8.45.